The Hall–Kier alpha value is -4.54. The monoisotopic (exact) mass is 1530 g/mol. The molecule has 19 heteroatoms. The molecule has 0 heterocycles. The Morgan fingerprint density at radius 1 is 0.274 bits per heavy atom. The maximum absolute atomic E-state index is 13.1. The Bertz CT molecular complexity index is 2480. The number of unbranched alkanes of at least 4 members (excludes halogenated alkanes) is 32. The maximum atomic E-state index is 13.1. The summed E-state index contributed by atoms with van der Waals surface area (Å²) in [4.78, 5) is 73.1. The largest absolute Gasteiger partial charge is 0.472 e. The van der Waals surface area contributed by atoms with Crippen LogP contribution in [0.3, 0.4) is 0 Å². The van der Waals surface area contributed by atoms with Gasteiger partial charge in [-0.3, -0.25) is 37.3 Å². The zero-order valence-corrected chi connectivity index (χ0v) is 68.6. The maximum Gasteiger partial charge on any atom is 0.472 e. The number of aliphatic hydroxyl groups excluding tert-OH is 1. The molecular formula is C87H150O17P2. The van der Waals surface area contributed by atoms with Crippen LogP contribution in [0, 0.1) is 0 Å². The number of carbonyl (C=O) groups is 4. The number of hydrogen-bond donors (Lipinski definition) is 3. The molecule has 0 aromatic carbocycles. The lowest BCUT2D eigenvalue weighted by molar-refractivity contribution is -0.161. The molecule has 3 N–H and O–H groups in total. The molecule has 0 aliphatic heterocycles. The number of rotatable bonds is 78. The zero-order chi connectivity index (χ0) is 77.4. The second kappa shape index (κ2) is 78.6. The zero-order valence-electron chi connectivity index (χ0n) is 66.8. The molecule has 0 spiro atoms. The molecule has 0 saturated carbocycles. The number of carbonyl (C=O) groups excluding carboxylic acids is 4. The fraction of sp³-hybridized carbons (Fsp3) is 0.724. The van der Waals surface area contributed by atoms with Crippen molar-refractivity contribution in [1.29, 1.82) is 0 Å². The summed E-state index contributed by atoms with van der Waals surface area (Å²) in [5.74, 6) is -2.20. The quantitative estimate of drug-likeness (QED) is 0.0169. The van der Waals surface area contributed by atoms with E-state index in [2.05, 4.69) is 149 Å². The third-order valence-electron chi connectivity index (χ3n) is 17.4. The van der Waals surface area contributed by atoms with Crippen LogP contribution < -0.4 is 0 Å². The SMILES string of the molecule is CC/C=C\C/C=C\C/C=C\C/C=C\CCCCCCCCC(=O)OCC(COP(=O)(O)OCC(O)COP(=O)(O)OCC(COC(=O)CCCCCCCC/C=C\C/C=C\C/C=C\CCCCC)OC(=O)CCCCCCCCC/C=C\C/C=C\C/C=C\CC)OC(=O)CCCCCCCCCCCCC. The van der Waals surface area contributed by atoms with E-state index in [4.69, 9.17) is 37.0 Å². The van der Waals surface area contributed by atoms with E-state index in [-0.39, 0.29) is 25.7 Å². The second-order valence-electron chi connectivity index (χ2n) is 27.7. The highest BCUT2D eigenvalue weighted by atomic mass is 31.2. The van der Waals surface area contributed by atoms with Gasteiger partial charge in [0, 0.05) is 25.7 Å². The molecule has 17 nitrogen and oxygen atoms in total. The molecule has 0 saturated heterocycles. The number of ether oxygens (including phenoxy) is 4. The van der Waals surface area contributed by atoms with Crippen molar-refractivity contribution in [3.8, 4) is 0 Å². The van der Waals surface area contributed by atoms with Crippen LogP contribution in [0.2, 0.25) is 0 Å². The molecule has 5 unspecified atom stereocenters. The number of esters is 4. The first-order chi connectivity index (χ1) is 51.7. The van der Waals surface area contributed by atoms with Gasteiger partial charge < -0.3 is 33.8 Å². The minimum Gasteiger partial charge on any atom is -0.462 e. The predicted molar refractivity (Wildman–Crippen MR) is 436 cm³/mol. The summed E-state index contributed by atoms with van der Waals surface area (Å²) in [5.41, 5.74) is 0. The molecule has 0 aliphatic carbocycles. The van der Waals surface area contributed by atoms with E-state index < -0.39 is 97.5 Å². The van der Waals surface area contributed by atoms with Gasteiger partial charge >= 0.3 is 39.5 Å². The van der Waals surface area contributed by atoms with Gasteiger partial charge in [0.05, 0.1) is 26.4 Å². The summed E-state index contributed by atoms with van der Waals surface area (Å²) in [5, 5.41) is 10.7. The van der Waals surface area contributed by atoms with Gasteiger partial charge in [0.1, 0.15) is 19.3 Å². The first kappa shape index (κ1) is 101. The average molecular weight is 1530 g/mol. The molecular weight excluding hydrogens is 1380 g/mol. The number of allylic oxidation sites excluding steroid dienone is 20. The van der Waals surface area contributed by atoms with Gasteiger partial charge in [-0.25, -0.2) is 9.13 Å². The van der Waals surface area contributed by atoms with E-state index in [1.807, 2.05) is 0 Å². The van der Waals surface area contributed by atoms with Gasteiger partial charge in [-0.2, -0.15) is 0 Å². The Labute approximate surface area is 644 Å². The third-order valence-corrected chi connectivity index (χ3v) is 19.3. The van der Waals surface area contributed by atoms with Gasteiger partial charge in [0.15, 0.2) is 12.2 Å². The number of hydrogen-bond acceptors (Lipinski definition) is 15. The minimum absolute atomic E-state index is 0.0794. The topological polar surface area (TPSA) is 237 Å². The van der Waals surface area contributed by atoms with Gasteiger partial charge in [-0.05, 0) is 135 Å². The van der Waals surface area contributed by atoms with E-state index in [0.717, 1.165) is 212 Å². The highest BCUT2D eigenvalue weighted by Gasteiger charge is 2.30. The average Bonchev–Trinajstić information content (AvgIpc) is 0.901. The van der Waals surface area contributed by atoms with Crippen LogP contribution in [-0.2, 0) is 65.4 Å². The Kier molecular flexibility index (Phi) is 75.2. The Morgan fingerprint density at radius 3 is 0.774 bits per heavy atom. The third kappa shape index (κ3) is 77.6. The van der Waals surface area contributed by atoms with Crippen molar-refractivity contribution in [3.63, 3.8) is 0 Å². The first-order valence-corrected chi connectivity index (χ1v) is 44.8. The smallest absolute Gasteiger partial charge is 0.462 e. The van der Waals surface area contributed by atoms with Crippen molar-refractivity contribution in [2.24, 2.45) is 0 Å². The van der Waals surface area contributed by atoms with Crippen molar-refractivity contribution in [2.75, 3.05) is 39.6 Å². The van der Waals surface area contributed by atoms with Gasteiger partial charge in [-0.1, -0.05) is 310 Å². The lowest BCUT2D eigenvalue weighted by Crippen LogP contribution is -2.30. The molecule has 0 aliphatic rings. The standard InChI is InChI=1S/C87H150O17P2/c1-5-9-13-17-21-25-29-32-35-38-40-43-45-48-52-55-59-63-67-71-84(89)97-77-82(103-86(91)73-69-65-61-57-51-28-24-20-16-12-8-4)79-101-105(93,94)99-75-81(88)76-100-106(95,96)102-80-83(104-87(92)74-70-66-62-58-54-50-47-42-37-34-31-27-23-19-15-11-7-3)78-98-85(90)72-68-64-60-56-53-49-46-44-41-39-36-33-30-26-22-18-14-10-6-2/h9,11,13,15,21-23,25-27,32-37,40-41,43-44,81-83,88H,5-8,10,12,14,16-20,24,28-31,38-39,42,45-80H2,1-4H3,(H,93,94)(H,95,96)/b13-9-,15-11-,25-21-,26-22-,27-23-,35-32-,36-33-,37-34-,43-40-,44-41-. The van der Waals surface area contributed by atoms with Gasteiger partial charge in [0.2, 0.25) is 0 Å². The normalized spacial score (nSPS) is 14.4. The van der Waals surface area contributed by atoms with Crippen LogP contribution in [0.25, 0.3) is 0 Å². The number of phosphoric acid groups is 2. The number of aliphatic hydroxyl groups is 1. The predicted octanol–water partition coefficient (Wildman–Crippen LogP) is 24.7. The van der Waals surface area contributed by atoms with Crippen LogP contribution in [0.1, 0.15) is 349 Å². The van der Waals surface area contributed by atoms with E-state index >= 15 is 0 Å². The van der Waals surface area contributed by atoms with Crippen molar-refractivity contribution in [3.05, 3.63) is 122 Å². The minimum atomic E-state index is -4.99. The van der Waals surface area contributed by atoms with E-state index in [1.54, 1.807) is 0 Å². The Balaban J connectivity index is 5.34. The lowest BCUT2D eigenvalue weighted by atomic mass is 10.1. The summed E-state index contributed by atoms with van der Waals surface area (Å²) in [7, 11) is -9.97. The van der Waals surface area contributed by atoms with Crippen molar-refractivity contribution in [1.82, 2.24) is 0 Å². The molecule has 106 heavy (non-hydrogen) atoms. The van der Waals surface area contributed by atoms with Crippen molar-refractivity contribution in [2.45, 2.75) is 367 Å². The summed E-state index contributed by atoms with van der Waals surface area (Å²) in [6.07, 6.45) is 87.3. The second-order valence-corrected chi connectivity index (χ2v) is 30.6. The molecule has 0 rings (SSSR count). The first-order valence-electron chi connectivity index (χ1n) is 41.8. The van der Waals surface area contributed by atoms with Crippen molar-refractivity contribution >= 4 is 39.5 Å². The highest BCUT2D eigenvalue weighted by molar-refractivity contribution is 7.47. The summed E-state index contributed by atoms with van der Waals surface area (Å²) < 4.78 is 68.7. The Morgan fingerprint density at radius 2 is 0.491 bits per heavy atom. The molecule has 610 valence electrons. The highest BCUT2D eigenvalue weighted by Crippen LogP contribution is 2.45. The van der Waals surface area contributed by atoms with Gasteiger partial charge in [-0.15, -0.1) is 0 Å². The van der Waals surface area contributed by atoms with E-state index in [1.165, 1.54) is 57.8 Å². The van der Waals surface area contributed by atoms with E-state index in [9.17, 15) is 43.2 Å². The van der Waals surface area contributed by atoms with Gasteiger partial charge in [0.25, 0.3) is 0 Å². The lowest BCUT2D eigenvalue weighted by Gasteiger charge is -2.21. The molecule has 0 aromatic rings. The van der Waals surface area contributed by atoms with E-state index in [0.29, 0.717) is 25.7 Å². The van der Waals surface area contributed by atoms with Crippen LogP contribution in [-0.4, -0.2) is 96.7 Å². The molecule has 0 amide bonds. The molecule has 0 bridgehead atoms. The summed E-state index contributed by atoms with van der Waals surface area (Å²) >= 11 is 0. The van der Waals surface area contributed by atoms with Crippen molar-refractivity contribution < 1.29 is 80.2 Å². The van der Waals surface area contributed by atoms with Crippen LogP contribution in [0.5, 0.6) is 0 Å². The number of phosphoric ester groups is 2. The van der Waals surface area contributed by atoms with Crippen LogP contribution >= 0.6 is 15.6 Å². The fourth-order valence-electron chi connectivity index (χ4n) is 11.1. The summed E-state index contributed by atoms with van der Waals surface area (Å²) in [6.45, 7) is 4.62. The van der Waals surface area contributed by atoms with Crippen LogP contribution in [0.4, 0.5) is 0 Å². The molecule has 5 atom stereocenters. The fourth-order valence-corrected chi connectivity index (χ4v) is 12.7. The molecule has 0 aromatic heterocycles. The van der Waals surface area contributed by atoms with Crippen LogP contribution in [0.15, 0.2) is 122 Å². The summed E-state index contributed by atoms with van der Waals surface area (Å²) in [6, 6.07) is 0. The molecule has 0 fully saturated rings. The molecule has 0 radical (unpaired) electrons.